The van der Waals surface area contributed by atoms with Gasteiger partial charge in [0.05, 0.1) is 12.3 Å². The lowest BCUT2D eigenvalue weighted by Crippen LogP contribution is -2.45. The van der Waals surface area contributed by atoms with Crippen LogP contribution in [0.4, 0.5) is 10.5 Å². The van der Waals surface area contributed by atoms with Gasteiger partial charge in [0, 0.05) is 26.1 Å². The summed E-state index contributed by atoms with van der Waals surface area (Å²) < 4.78 is 7.88. The van der Waals surface area contributed by atoms with Crippen LogP contribution in [-0.2, 0) is 13.0 Å². The van der Waals surface area contributed by atoms with Crippen LogP contribution in [0.1, 0.15) is 44.3 Å². The molecule has 1 N–H and O–H groups in total. The number of anilines is 1. The molecule has 7 nitrogen and oxygen atoms in total. The van der Waals surface area contributed by atoms with Crippen molar-refractivity contribution in [2.75, 3.05) is 25.0 Å². The van der Waals surface area contributed by atoms with Crippen molar-refractivity contribution in [3.8, 4) is 5.75 Å². The molecule has 3 heterocycles. The molecule has 0 aliphatic carbocycles. The summed E-state index contributed by atoms with van der Waals surface area (Å²) in [6.45, 7) is 7.12. The molecule has 4 rings (SSSR count). The smallest absolute Gasteiger partial charge is 0.321 e. The third kappa shape index (κ3) is 3.70. The first-order valence-electron chi connectivity index (χ1n) is 10.3. The van der Waals surface area contributed by atoms with E-state index in [-0.39, 0.29) is 6.03 Å². The van der Waals surface area contributed by atoms with E-state index in [2.05, 4.69) is 20.1 Å². The second-order valence-corrected chi connectivity index (χ2v) is 7.91. The zero-order valence-electron chi connectivity index (χ0n) is 16.8. The highest BCUT2D eigenvalue weighted by Gasteiger charge is 2.37. The maximum atomic E-state index is 12.8. The molecule has 0 radical (unpaired) electrons. The van der Waals surface area contributed by atoms with Crippen molar-refractivity contribution in [2.45, 2.75) is 52.5 Å². The van der Waals surface area contributed by atoms with Crippen molar-refractivity contribution in [1.29, 1.82) is 0 Å². The van der Waals surface area contributed by atoms with Crippen molar-refractivity contribution >= 4 is 11.7 Å². The average molecular weight is 383 g/mol. The number of fused-ring (bicyclic) bond motifs is 1. The molecule has 0 saturated carbocycles. The van der Waals surface area contributed by atoms with Crippen molar-refractivity contribution < 1.29 is 9.53 Å². The predicted molar refractivity (Wildman–Crippen MR) is 108 cm³/mol. The van der Waals surface area contributed by atoms with Crippen LogP contribution in [0.25, 0.3) is 0 Å². The number of aromatic nitrogens is 3. The van der Waals surface area contributed by atoms with Gasteiger partial charge in [-0.3, -0.25) is 0 Å². The third-order valence-electron chi connectivity index (χ3n) is 6.30. The van der Waals surface area contributed by atoms with E-state index in [0.29, 0.717) is 17.8 Å². The van der Waals surface area contributed by atoms with Gasteiger partial charge in [-0.2, -0.15) is 0 Å². The van der Waals surface area contributed by atoms with Gasteiger partial charge in [-0.05, 0) is 57.1 Å². The van der Waals surface area contributed by atoms with E-state index >= 15 is 0 Å². The zero-order chi connectivity index (χ0) is 19.6. The number of rotatable bonds is 3. The fourth-order valence-electron chi connectivity index (χ4n) is 4.48. The van der Waals surface area contributed by atoms with E-state index in [0.717, 1.165) is 69.1 Å². The van der Waals surface area contributed by atoms with Crippen LogP contribution < -0.4 is 10.1 Å². The number of likely N-dealkylation sites (tertiary alicyclic amines) is 1. The number of ether oxygens (including phenoxy) is 1. The van der Waals surface area contributed by atoms with Gasteiger partial charge < -0.3 is 19.5 Å². The number of nitrogens with zero attached hydrogens (tertiary/aromatic N) is 4. The zero-order valence-corrected chi connectivity index (χ0v) is 16.8. The van der Waals surface area contributed by atoms with E-state index < -0.39 is 0 Å². The number of benzene rings is 1. The van der Waals surface area contributed by atoms with E-state index in [9.17, 15) is 4.79 Å². The first-order chi connectivity index (χ1) is 13.6. The minimum absolute atomic E-state index is 0.0383. The molecule has 0 unspecified atom stereocenters. The summed E-state index contributed by atoms with van der Waals surface area (Å²) in [7, 11) is 0. The number of para-hydroxylation sites is 2. The van der Waals surface area contributed by atoms with Gasteiger partial charge in [0.2, 0.25) is 0 Å². The Hall–Kier alpha value is -2.57. The molecule has 28 heavy (non-hydrogen) atoms. The van der Waals surface area contributed by atoms with Crippen LogP contribution in [0.5, 0.6) is 5.75 Å². The van der Waals surface area contributed by atoms with Gasteiger partial charge in [-0.25, -0.2) is 4.79 Å². The highest BCUT2D eigenvalue weighted by molar-refractivity contribution is 5.91. The molecule has 7 heteroatoms. The molecule has 0 atom stereocenters. The second-order valence-electron chi connectivity index (χ2n) is 7.91. The lowest BCUT2D eigenvalue weighted by atomic mass is 9.73. The van der Waals surface area contributed by atoms with Crippen molar-refractivity contribution in [2.24, 2.45) is 5.41 Å². The molecule has 1 spiro atoms. The number of urea groups is 1. The minimum Gasteiger partial charge on any atom is -0.492 e. The Morgan fingerprint density at radius 2 is 1.89 bits per heavy atom. The van der Waals surface area contributed by atoms with Crippen LogP contribution in [0.15, 0.2) is 24.3 Å². The third-order valence-corrected chi connectivity index (χ3v) is 6.30. The molecular formula is C21H29N5O2. The molecule has 2 aliphatic heterocycles. The van der Waals surface area contributed by atoms with Crippen LogP contribution in [-0.4, -0.2) is 45.4 Å². The molecule has 2 amide bonds. The largest absolute Gasteiger partial charge is 0.492 e. The first-order valence-corrected chi connectivity index (χ1v) is 10.3. The maximum Gasteiger partial charge on any atom is 0.321 e. The normalized spacial score (nSPS) is 18.4. The summed E-state index contributed by atoms with van der Waals surface area (Å²) in [4.78, 5) is 14.7. The Morgan fingerprint density at radius 3 is 2.68 bits per heavy atom. The van der Waals surface area contributed by atoms with Crippen LogP contribution in [0.2, 0.25) is 0 Å². The molecule has 2 aromatic rings. The second kappa shape index (κ2) is 7.81. The number of nitrogens with one attached hydrogen (secondary N) is 1. The van der Waals surface area contributed by atoms with Crippen molar-refractivity contribution in [1.82, 2.24) is 19.7 Å². The van der Waals surface area contributed by atoms with Gasteiger partial charge in [0.15, 0.2) is 0 Å². The van der Waals surface area contributed by atoms with Crippen LogP contribution in [0.3, 0.4) is 0 Å². The Bertz CT molecular complexity index is 839. The minimum atomic E-state index is -0.0383. The molecule has 1 saturated heterocycles. The number of aryl methyl sites for hydroxylation is 2. The summed E-state index contributed by atoms with van der Waals surface area (Å²) in [5.74, 6) is 2.84. The predicted octanol–water partition coefficient (Wildman–Crippen LogP) is 3.64. The Morgan fingerprint density at radius 1 is 1.14 bits per heavy atom. The lowest BCUT2D eigenvalue weighted by molar-refractivity contribution is 0.105. The van der Waals surface area contributed by atoms with E-state index in [1.165, 1.54) is 0 Å². The molecule has 150 valence electrons. The van der Waals surface area contributed by atoms with E-state index in [1.54, 1.807) is 0 Å². The van der Waals surface area contributed by atoms with Gasteiger partial charge >= 0.3 is 6.03 Å². The summed E-state index contributed by atoms with van der Waals surface area (Å²) in [6, 6.07) is 7.56. The Balaban J connectivity index is 1.36. The number of amides is 2. The monoisotopic (exact) mass is 383 g/mol. The quantitative estimate of drug-likeness (QED) is 0.878. The van der Waals surface area contributed by atoms with Crippen molar-refractivity contribution in [3.63, 3.8) is 0 Å². The van der Waals surface area contributed by atoms with Gasteiger partial charge in [-0.15, -0.1) is 10.2 Å². The van der Waals surface area contributed by atoms with Crippen LogP contribution >= 0.6 is 0 Å². The number of carbonyl (C=O) groups excluding carboxylic acids is 1. The standard InChI is InChI=1S/C21H29N5O2/c1-3-28-18-7-5-4-6-17(18)22-20(27)25-13-10-21(11-14-25)9-8-19-24-23-16(2)26(19)15-12-21/h4-7H,3,8-15H2,1-2H3,(H,22,27). The van der Waals surface area contributed by atoms with Crippen LogP contribution in [0, 0.1) is 12.3 Å². The fraction of sp³-hybridized carbons (Fsp3) is 0.571. The van der Waals surface area contributed by atoms with E-state index in [1.807, 2.05) is 43.0 Å². The topological polar surface area (TPSA) is 72.3 Å². The molecule has 1 aromatic carbocycles. The number of piperidine rings is 1. The Kier molecular flexibility index (Phi) is 5.24. The SMILES string of the molecule is CCOc1ccccc1NC(=O)N1CCC2(CCc3nnc(C)n3CC2)CC1. The van der Waals surface area contributed by atoms with Gasteiger partial charge in [0.1, 0.15) is 17.4 Å². The first kappa shape index (κ1) is 18.8. The fourth-order valence-corrected chi connectivity index (χ4v) is 4.48. The van der Waals surface area contributed by atoms with Gasteiger partial charge in [0.25, 0.3) is 0 Å². The number of hydrogen-bond donors (Lipinski definition) is 1. The maximum absolute atomic E-state index is 12.8. The number of carbonyl (C=O) groups is 1. The average Bonchev–Trinajstić information content (AvgIpc) is 2.96. The van der Waals surface area contributed by atoms with Gasteiger partial charge in [-0.1, -0.05) is 12.1 Å². The summed E-state index contributed by atoms with van der Waals surface area (Å²) >= 11 is 0. The van der Waals surface area contributed by atoms with E-state index in [4.69, 9.17) is 4.74 Å². The summed E-state index contributed by atoms with van der Waals surface area (Å²) in [5, 5.41) is 11.6. The molecule has 1 aromatic heterocycles. The van der Waals surface area contributed by atoms with Crippen molar-refractivity contribution in [3.05, 3.63) is 35.9 Å². The Labute approximate surface area is 166 Å². The molecule has 1 fully saturated rings. The molecular weight excluding hydrogens is 354 g/mol. The summed E-state index contributed by atoms with van der Waals surface area (Å²) in [5.41, 5.74) is 1.05. The summed E-state index contributed by atoms with van der Waals surface area (Å²) in [6.07, 6.45) is 5.35. The highest BCUT2D eigenvalue weighted by atomic mass is 16.5. The molecule has 2 aliphatic rings. The lowest BCUT2D eigenvalue weighted by Gasteiger charge is -2.41. The molecule has 0 bridgehead atoms. The highest BCUT2D eigenvalue weighted by Crippen LogP contribution is 2.41. The number of hydrogen-bond acceptors (Lipinski definition) is 4.